The van der Waals surface area contributed by atoms with Gasteiger partial charge in [-0.3, -0.25) is 9.69 Å². The number of rotatable bonds is 4. The predicted molar refractivity (Wildman–Crippen MR) is 94.4 cm³/mol. The first kappa shape index (κ1) is 16.5. The van der Waals surface area contributed by atoms with Gasteiger partial charge in [0, 0.05) is 30.7 Å². The molecule has 25 heavy (non-hydrogen) atoms. The van der Waals surface area contributed by atoms with Gasteiger partial charge in [0.25, 0.3) is 5.91 Å². The fraction of sp³-hybridized carbons (Fsp3) is 0.611. The summed E-state index contributed by atoms with van der Waals surface area (Å²) in [6.45, 7) is 4.20. The fourth-order valence-corrected chi connectivity index (χ4v) is 4.18. The molecule has 0 spiro atoms. The van der Waals surface area contributed by atoms with Crippen LogP contribution >= 0.6 is 0 Å². The third-order valence-electron chi connectivity index (χ3n) is 5.62. The van der Waals surface area contributed by atoms with Crippen LogP contribution in [0.4, 0.5) is 0 Å². The SMILES string of the molecule is O=C(NCC1(N2CCOCC2)CCCCC1)c1ccc2n[nH]nc2c1. The van der Waals surface area contributed by atoms with E-state index in [1.807, 2.05) is 12.1 Å². The number of fused-ring (bicyclic) bond motifs is 1. The number of H-pyrrole nitrogens is 1. The van der Waals surface area contributed by atoms with Gasteiger partial charge in [0.2, 0.25) is 0 Å². The summed E-state index contributed by atoms with van der Waals surface area (Å²) in [5.41, 5.74) is 2.20. The number of hydrogen-bond acceptors (Lipinski definition) is 5. The molecule has 4 rings (SSSR count). The van der Waals surface area contributed by atoms with Gasteiger partial charge in [-0.1, -0.05) is 19.3 Å². The smallest absolute Gasteiger partial charge is 0.251 e. The maximum absolute atomic E-state index is 12.7. The monoisotopic (exact) mass is 343 g/mol. The van der Waals surface area contributed by atoms with Crippen LogP contribution in [0.25, 0.3) is 11.0 Å². The van der Waals surface area contributed by atoms with Crippen molar-refractivity contribution in [2.75, 3.05) is 32.8 Å². The molecule has 2 aromatic rings. The number of amides is 1. The van der Waals surface area contributed by atoms with Gasteiger partial charge in [-0.15, -0.1) is 0 Å². The molecular formula is C18H25N5O2. The number of aromatic nitrogens is 3. The van der Waals surface area contributed by atoms with Gasteiger partial charge in [0.1, 0.15) is 11.0 Å². The number of morpholine rings is 1. The molecule has 0 bridgehead atoms. The first-order chi connectivity index (χ1) is 12.3. The molecule has 2 aliphatic rings. The van der Waals surface area contributed by atoms with Crippen molar-refractivity contribution >= 4 is 16.9 Å². The molecule has 1 aromatic heterocycles. The number of carbonyl (C=O) groups excluding carboxylic acids is 1. The zero-order chi connectivity index (χ0) is 17.1. The van der Waals surface area contributed by atoms with E-state index in [4.69, 9.17) is 4.74 Å². The van der Waals surface area contributed by atoms with Crippen LogP contribution in [-0.4, -0.2) is 64.6 Å². The number of hydrogen-bond donors (Lipinski definition) is 2. The van der Waals surface area contributed by atoms with Crippen molar-refractivity contribution in [2.24, 2.45) is 0 Å². The summed E-state index contributed by atoms with van der Waals surface area (Å²) in [6.07, 6.45) is 6.06. The molecule has 7 nitrogen and oxygen atoms in total. The quantitative estimate of drug-likeness (QED) is 0.883. The maximum atomic E-state index is 12.7. The molecule has 2 heterocycles. The van der Waals surface area contributed by atoms with Crippen molar-refractivity contribution in [3.63, 3.8) is 0 Å². The second-order valence-corrected chi connectivity index (χ2v) is 7.09. The summed E-state index contributed by atoms with van der Waals surface area (Å²) >= 11 is 0. The Bertz CT molecular complexity index is 732. The van der Waals surface area contributed by atoms with E-state index >= 15 is 0 Å². The Morgan fingerprint density at radius 1 is 1.16 bits per heavy atom. The Hall–Kier alpha value is -1.99. The molecule has 0 unspecified atom stereocenters. The second kappa shape index (κ2) is 7.09. The highest BCUT2D eigenvalue weighted by molar-refractivity contribution is 5.97. The van der Waals surface area contributed by atoms with Gasteiger partial charge >= 0.3 is 0 Å². The molecule has 0 atom stereocenters. The van der Waals surface area contributed by atoms with Crippen LogP contribution in [0, 0.1) is 0 Å². The lowest BCUT2D eigenvalue weighted by Crippen LogP contribution is -2.59. The van der Waals surface area contributed by atoms with Crippen molar-refractivity contribution in [2.45, 2.75) is 37.6 Å². The number of carbonyl (C=O) groups is 1. The summed E-state index contributed by atoms with van der Waals surface area (Å²) in [6, 6.07) is 5.42. The van der Waals surface area contributed by atoms with Crippen LogP contribution in [0.15, 0.2) is 18.2 Å². The minimum absolute atomic E-state index is 0.0388. The Labute approximate surface area is 147 Å². The third-order valence-corrected chi connectivity index (χ3v) is 5.62. The number of ether oxygens (including phenoxy) is 1. The first-order valence-corrected chi connectivity index (χ1v) is 9.18. The van der Waals surface area contributed by atoms with Gasteiger partial charge in [0.15, 0.2) is 0 Å². The Kier molecular flexibility index (Phi) is 4.67. The van der Waals surface area contributed by atoms with E-state index in [0.29, 0.717) is 17.6 Å². The molecule has 7 heteroatoms. The summed E-state index contributed by atoms with van der Waals surface area (Å²) in [7, 11) is 0. The average Bonchev–Trinajstić information content (AvgIpc) is 3.15. The first-order valence-electron chi connectivity index (χ1n) is 9.18. The van der Waals surface area contributed by atoms with Gasteiger partial charge in [-0.05, 0) is 31.0 Å². The fourth-order valence-electron chi connectivity index (χ4n) is 4.18. The van der Waals surface area contributed by atoms with E-state index in [1.165, 1.54) is 19.3 Å². The highest BCUT2D eigenvalue weighted by Crippen LogP contribution is 2.34. The summed E-state index contributed by atoms with van der Waals surface area (Å²) in [5.74, 6) is -0.0388. The van der Waals surface area contributed by atoms with Crippen LogP contribution in [0.3, 0.4) is 0 Å². The minimum atomic E-state index is -0.0388. The van der Waals surface area contributed by atoms with Gasteiger partial charge in [-0.25, -0.2) is 0 Å². The van der Waals surface area contributed by atoms with Crippen molar-refractivity contribution in [3.05, 3.63) is 23.8 Å². The Morgan fingerprint density at radius 3 is 2.72 bits per heavy atom. The van der Waals surface area contributed by atoms with Crippen LogP contribution < -0.4 is 5.32 Å². The van der Waals surface area contributed by atoms with E-state index < -0.39 is 0 Å². The molecule has 1 aromatic carbocycles. The number of nitrogens with one attached hydrogen (secondary N) is 2. The predicted octanol–water partition coefficient (Wildman–Crippen LogP) is 1.72. The van der Waals surface area contributed by atoms with Gasteiger partial charge in [-0.2, -0.15) is 15.4 Å². The molecule has 1 amide bonds. The van der Waals surface area contributed by atoms with E-state index in [1.54, 1.807) is 6.07 Å². The van der Waals surface area contributed by atoms with Gasteiger partial charge in [0.05, 0.1) is 13.2 Å². The molecule has 1 saturated carbocycles. The van der Waals surface area contributed by atoms with Crippen LogP contribution in [0.2, 0.25) is 0 Å². The average molecular weight is 343 g/mol. The van der Waals surface area contributed by atoms with Crippen molar-refractivity contribution in [1.29, 1.82) is 0 Å². The van der Waals surface area contributed by atoms with Crippen LogP contribution in [0.5, 0.6) is 0 Å². The topological polar surface area (TPSA) is 83.1 Å². The lowest BCUT2D eigenvalue weighted by atomic mass is 9.79. The third kappa shape index (κ3) is 3.39. The molecular weight excluding hydrogens is 318 g/mol. The zero-order valence-corrected chi connectivity index (χ0v) is 14.5. The molecule has 1 aliphatic carbocycles. The van der Waals surface area contributed by atoms with Crippen molar-refractivity contribution in [1.82, 2.24) is 25.6 Å². The molecule has 2 fully saturated rings. The van der Waals surface area contributed by atoms with Gasteiger partial charge < -0.3 is 10.1 Å². The molecule has 1 saturated heterocycles. The number of aromatic amines is 1. The summed E-state index contributed by atoms with van der Waals surface area (Å²) < 4.78 is 5.52. The lowest BCUT2D eigenvalue weighted by Gasteiger charge is -2.48. The summed E-state index contributed by atoms with van der Waals surface area (Å²) in [4.78, 5) is 15.2. The molecule has 134 valence electrons. The van der Waals surface area contributed by atoms with E-state index in [0.717, 1.165) is 44.7 Å². The lowest BCUT2D eigenvalue weighted by molar-refractivity contribution is -0.0361. The zero-order valence-electron chi connectivity index (χ0n) is 14.5. The highest BCUT2D eigenvalue weighted by atomic mass is 16.5. The number of nitrogens with zero attached hydrogens (tertiary/aromatic N) is 3. The normalized spacial score (nSPS) is 21.3. The largest absolute Gasteiger partial charge is 0.379 e. The summed E-state index contributed by atoms with van der Waals surface area (Å²) in [5, 5.41) is 13.9. The van der Waals surface area contributed by atoms with Crippen molar-refractivity contribution in [3.8, 4) is 0 Å². The minimum Gasteiger partial charge on any atom is -0.379 e. The second-order valence-electron chi connectivity index (χ2n) is 7.09. The number of benzene rings is 1. The van der Waals surface area contributed by atoms with Crippen molar-refractivity contribution < 1.29 is 9.53 Å². The van der Waals surface area contributed by atoms with E-state index in [9.17, 15) is 4.79 Å². The Morgan fingerprint density at radius 2 is 1.92 bits per heavy atom. The maximum Gasteiger partial charge on any atom is 0.251 e. The highest BCUT2D eigenvalue weighted by Gasteiger charge is 2.38. The molecule has 0 radical (unpaired) electrons. The van der Waals surface area contributed by atoms with E-state index in [2.05, 4.69) is 25.6 Å². The van der Waals surface area contributed by atoms with Crippen LogP contribution in [0.1, 0.15) is 42.5 Å². The molecule has 1 aliphatic heterocycles. The standard InChI is InChI=1S/C18H25N5O2/c24-17(14-4-5-15-16(12-14)21-22-20-15)19-13-18(6-2-1-3-7-18)23-8-10-25-11-9-23/h4-5,12H,1-3,6-11,13H2,(H,19,24)(H,20,21,22). The Balaban J connectivity index is 1.47. The van der Waals surface area contributed by atoms with E-state index in [-0.39, 0.29) is 11.4 Å². The molecule has 2 N–H and O–H groups in total. The van der Waals surface area contributed by atoms with Crippen LogP contribution in [-0.2, 0) is 4.74 Å².